The van der Waals surface area contributed by atoms with Crippen LogP contribution in [0.15, 0.2) is 24.3 Å². The van der Waals surface area contributed by atoms with Crippen molar-refractivity contribution in [3.63, 3.8) is 0 Å². The second-order valence-electron chi connectivity index (χ2n) is 3.95. The average Bonchev–Trinajstić information content (AvgIpc) is 2.90. The van der Waals surface area contributed by atoms with Crippen molar-refractivity contribution in [3.8, 4) is 0 Å². The Morgan fingerprint density at radius 1 is 1.33 bits per heavy atom. The summed E-state index contributed by atoms with van der Waals surface area (Å²) in [7, 11) is 0. The van der Waals surface area contributed by atoms with E-state index >= 15 is 0 Å². The largest absolute Gasteiger partial charge is 0.306 e. The molecule has 1 aliphatic rings. The predicted octanol–water partition coefficient (Wildman–Crippen LogP) is 2.14. The molecule has 18 heavy (non-hydrogen) atoms. The molecule has 2 N–H and O–H groups in total. The van der Waals surface area contributed by atoms with Crippen molar-refractivity contribution < 1.29 is 9.18 Å². The number of aromatic nitrogens is 1. The molecule has 0 saturated carbocycles. The van der Waals surface area contributed by atoms with E-state index < -0.39 is 0 Å². The fourth-order valence-corrected chi connectivity index (χ4v) is 2.72. The summed E-state index contributed by atoms with van der Waals surface area (Å²) in [6, 6.07) is 5.43. The van der Waals surface area contributed by atoms with Crippen LogP contribution in [0.5, 0.6) is 0 Å². The minimum absolute atomic E-state index is 0.268. The molecule has 4 nitrogen and oxygen atoms in total. The zero-order valence-corrected chi connectivity index (χ0v) is 10.2. The number of benzene rings is 1. The van der Waals surface area contributed by atoms with Gasteiger partial charge < -0.3 is 5.32 Å². The predicted molar refractivity (Wildman–Crippen MR) is 67.0 cm³/mol. The molecule has 0 aliphatic carbocycles. The summed E-state index contributed by atoms with van der Waals surface area (Å²) in [5, 5.41) is 6.50. The number of fused-ring (bicyclic) bond motifs is 1. The van der Waals surface area contributed by atoms with Crippen molar-refractivity contribution in [1.82, 2.24) is 10.3 Å². The van der Waals surface area contributed by atoms with Crippen molar-refractivity contribution >= 4 is 22.4 Å². The minimum atomic E-state index is -0.356. The molecule has 1 aromatic carbocycles. The molecule has 0 unspecified atom stereocenters. The van der Waals surface area contributed by atoms with E-state index in [2.05, 4.69) is 15.6 Å². The molecule has 2 aromatic rings. The topological polar surface area (TPSA) is 54.0 Å². The van der Waals surface area contributed by atoms with E-state index in [0.29, 0.717) is 10.7 Å². The van der Waals surface area contributed by atoms with Crippen molar-refractivity contribution in [2.45, 2.75) is 13.1 Å². The quantitative estimate of drug-likeness (QED) is 0.872. The van der Waals surface area contributed by atoms with Crippen LogP contribution >= 0.6 is 11.3 Å². The van der Waals surface area contributed by atoms with E-state index in [0.717, 1.165) is 23.7 Å². The van der Waals surface area contributed by atoms with Crippen molar-refractivity contribution in [1.29, 1.82) is 0 Å². The van der Waals surface area contributed by atoms with Gasteiger partial charge in [0.15, 0.2) is 5.13 Å². The molecule has 0 fully saturated rings. The Balaban J connectivity index is 1.75. The maximum Gasteiger partial charge on any atom is 0.257 e. The molecule has 0 bridgehead atoms. The third-order valence-corrected chi connectivity index (χ3v) is 3.70. The van der Waals surface area contributed by atoms with Crippen LogP contribution in [0.4, 0.5) is 9.52 Å². The van der Waals surface area contributed by atoms with Crippen molar-refractivity contribution in [2.24, 2.45) is 0 Å². The number of carbonyl (C=O) groups excluding carboxylic acids is 1. The van der Waals surface area contributed by atoms with Gasteiger partial charge in [0.2, 0.25) is 0 Å². The highest BCUT2D eigenvalue weighted by atomic mass is 32.1. The highest BCUT2D eigenvalue weighted by Crippen LogP contribution is 2.26. The number of carbonyl (C=O) groups is 1. The Kier molecular flexibility index (Phi) is 2.81. The van der Waals surface area contributed by atoms with Gasteiger partial charge in [-0.05, 0) is 24.3 Å². The third-order valence-electron chi connectivity index (χ3n) is 2.68. The van der Waals surface area contributed by atoms with E-state index in [1.54, 1.807) is 0 Å². The smallest absolute Gasteiger partial charge is 0.257 e. The number of nitrogens with zero attached hydrogens (tertiary/aromatic N) is 1. The van der Waals surface area contributed by atoms with Gasteiger partial charge in [0.1, 0.15) is 5.82 Å². The highest BCUT2D eigenvalue weighted by Gasteiger charge is 2.17. The fraction of sp³-hybridized carbons (Fsp3) is 0.167. The van der Waals surface area contributed by atoms with Gasteiger partial charge in [-0.15, -0.1) is 11.3 Å². The standard InChI is InChI=1S/C12H10FN3OS/c13-8-3-1-7(2-4-8)11(17)16-12-15-9-5-14-6-10(9)18-12/h1-4,14H,5-6H2,(H,15,16,17). The molecule has 0 atom stereocenters. The van der Waals surface area contributed by atoms with E-state index in [-0.39, 0.29) is 11.7 Å². The lowest BCUT2D eigenvalue weighted by atomic mass is 10.2. The normalized spacial score (nSPS) is 13.4. The van der Waals surface area contributed by atoms with Crippen LogP contribution in [0.2, 0.25) is 0 Å². The van der Waals surface area contributed by atoms with Gasteiger partial charge in [-0.25, -0.2) is 9.37 Å². The van der Waals surface area contributed by atoms with Gasteiger partial charge in [-0.2, -0.15) is 0 Å². The third kappa shape index (κ3) is 2.12. The molecule has 3 rings (SSSR count). The van der Waals surface area contributed by atoms with Crippen LogP contribution < -0.4 is 10.6 Å². The number of halogens is 1. The Morgan fingerprint density at radius 3 is 2.83 bits per heavy atom. The number of anilines is 1. The number of thiazole rings is 1. The van der Waals surface area contributed by atoms with Crippen LogP contribution in [-0.2, 0) is 13.1 Å². The SMILES string of the molecule is O=C(Nc1nc2c(s1)CNC2)c1ccc(F)cc1. The minimum Gasteiger partial charge on any atom is -0.306 e. The second kappa shape index (κ2) is 4.47. The van der Waals surface area contributed by atoms with Gasteiger partial charge in [-0.3, -0.25) is 10.1 Å². The van der Waals surface area contributed by atoms with Gasteiger partial charge in [0, 0.05) is 23.5 Å². The fourth-order valence-electron chi connectivity index (χ4n) is 1.78. The molecule has 0 saturated heterocycles. The monoisotopic (exact) mass is 263 g/mol. The molecule has 0 radical (unpaired) electrons. The molecule has 1 amide bonds. The first kappa shape index (κ1) is 11.3. The molecular weight excluding hydrogens is 253 g/mol. The maximum atomic E-state index is 12.7. The molecule has 6 heteroatoms. The van der Waals surface area contributed by atoms with Crippen LogP contribution in [0.3, 0.4) is 0 Å². The van der Waals surface area contributed by atoms with Gasteiger partial charge in [0.25, 0.3) is 5.91 Å². The maximum absolute atomic E-state index is 12.7. The highest BCUT2D eigenvalue weighted by molar-refractivity contribution is 7.15. The molecule has 92 valence electrons. The zero-order chi connectivity index (χ0) is 12.5. The van der Waals surface area contributed by atoms with E-state index in [9.17, 15) is 9.18 Å². The van der Waals surface area contributed by atoms with Crippen molar-refractivity contribution in [2.75, 3.05) is 5.32 Å². The van der Waals surface area contributed by atoms with Crippen LogP contribution in [0.1, 0.15) is 20.9 Å². The summed E-state index contributed by atoms with van der Waals surface area (Å²) in [5.41, 5.74) is 1.42. The summed E-state index contributed by atoms with van der Waals surface area (Å²) in [5.74, 6) is -0.624. The van der Waals surface area contributed by atoms with Crippen LogP contribution in [-0.4, -0.2) is 10.9 Å². The second-order valence-corrected chi connectivity index (χ2v) is 5.04. The Labute approximate surface area is 107 Å². The average molecular weight is 263 g/mol. The van der Waals surface area contributed by atoms with Gasteiger partial charge >= 0.3 is 0 Å². The first-order valence-electron chi connectivity index (χ1n) is 5.48. The number of hydrogen-bond acceptors (Lipinski definition) is 4. The number of nitrogens with one attached hydrogen (secondary N) is 2. The van der Waals surface area contributed by atoms with E-state index in [4.69, 9.17) is 0 Å². The lowest BCUT2D eigenvalue weighted by Crippen LogP contribution is -2.12. The summed E-state index contributed by atoms with van der Waals surface area (Å²) in [6.07, 6.45) is 0. The number of hydrogen-bond donors (Lipinski definition) is 2. The lowest BCUT2D eigenvalue weighted by Gasteiger charge is -2.01. The van der Waals surface area contributed by atoms with Crippen LogP contribution in [0, 0.1) is 5.82 Å². The molecule has 2 heterocycles. The molecule has 1 aliphatic heterocycles. The van der Waals surface area contributed by atoms with E-state index in [1.807, 2.05) is 0 Å². The molecular formula is C12H10FN3OS. The first-order valence-corrected chi connectivity index (χ1v) is 6.30. The summed E-state index contributed by atoms with van der Waals surface area (Å²) in [4.78, 5) is 17.4. The lowest BCUT2D eigenvalue weighted by molar-refractivity contribution is 0.102. The Morgan fingerprint density at radius 2 is 2.11 bits per heavy atom. The van der Waals surface area contributed by atoms with Gasteiger partial charge in [0.05, 0.1) is 5.69 Å². The summed E-state index contributed by atoms with van der Waals surface area (Å²) >= 11 is 1.47. The van der Waals surface area contributed by atoms with Crippen LogP contribution in [0.25, 0.3) is 0 Å². The zero-order valence-electron chi connectivity index (χ0n) is 9.37. The number of rotatable bonds is 2. The molecule has 1 aromatic heterocycles. The first-order chi connectivity index (χ1) is 8.72. The van der Waals surface area contributed by atoms with Crippen molar-refractivity contribution in [3.05, 3.63) is 46.2 Å². The summed E-state index contributed by atoms with van der Waals surface area (Å²) in [6.45, 7) is 1.55. The van der Waals surface area contributed by atoms with E-state index in [1.165, 1.54) is 35.6 Å². The Bertz CT molecular complexity index is 572. The van der Waals surface area contributed by atoms with Gasteiger partial charge in [-0.1, -0.05) is 0 Å². The molecule has 0 spiro atoms. The summed E-state index contributed by atoms with van der Waals surface area (Å²) < 4.78 is 12.7. The Hall–Kier alpha value is -1.79. The number of amides is 1.